The number of carbonyl (C=O) groups is 1. The van der Waals surface area contributed by atoms with Crippen LogP contribution in [0.2, 0.25) is 10.0 Å². The van der Waals surface area contributed by atoms with Gasteiger partial charge in [-0.15, -0.1) is 11.8 Å². The first-order valence-corrected chi connectivity index (χ1v) is 7.21. The van der Waals surface area contributed by atoms with E-state index in [-0.39, 0.29) is 0 Å². The van der Waals surface area contributed by atoms with Crippen molar-refractivity contribution in [1.29, 1.82) is 0 Å². The van der Waals surface area contributed by atoms with Crippen LogP contribution in [0.5, 0.6) is 0 Å². The van der Waals surface area contributed by atoms with Crippen LogP contribution in [0.25, 0.3) is 0 Å². The standard InChI is InChI=1S/C14H10Cl2O2S/c15-11-6-3-7-12(16)13(11)19-8-9-4-1-2-5-10(9)14(17)18/h1-7H,8H2,(H,17,18). The van der Waals surface area contributed by atoms with E-state index in [9.17, 15) is 4.79 Å². The van der Waals surface area contributed by atoms with E-state index < -0.39 is 5.97 Å². The van der Waals surface area contributed by atoms with E-state index in [1.54, 1.807) is 36.4 Å². The molecule has 2 nitrogen and oxygen atoms in total. The molecule has 0 bridgehead atoms. The Hall–Kier alpha value is -1.16. The van der Waals surface area contributed by atoms with Crippen molar-refractivity contribution in [3.63, 3.8) is 0 Å². The molecule has 0 aromatic heterocycles. The molecule has 1 N–H and O–H groups in total. The zero-order valence-electron chi connectivity index (χ0n) is 9.77. The van der Waals surface area contributed by atoms with Gasteiger partial charge in [0.15, 0.2) is 0 Å². The lowest BCUT2D eigenvalue weighted by Crippen LogP contribution is -2.00. The summed E-state index contributed by atoms with van der Waals surface area (Å²) in [6.07, 6.45) is 0. The SMILES string of the molecule is O=C(O)c1ccccc1CSc1c(Cl)cccc1Cl. The zero-order chi connectivity index (χ0) is 13.8. The molecule has 0 aliphatic carbocycles. The van der Waals surface area contributed by atoms with Crippen molar-refractivity contribution in [2.24, 2.45) is 0 Å². The van der Waals surface area contributed by atoms with Crippen molar-refractivity contribution >= 4 is 40.9 Å². The van der Waals surface area contributed by atoms with Gasteiger partial charge in [0.1, 0.15) is 0 Å². The molecule has 2 aromatic carbocycles. The highest BCUT2D eigenvalue weighted by molar-refractivity contribution is 7.98. The smallest absolute Gasteiger partial charge is 0.335 e. The minimum absolute atomic E-state index is 0.304. The van der Waals surface area contributed by atoms with E-state index in [0.29, 0.717) is 21.4 Å². The molecule has 0 amide bonds. The normalized spacial score (nSPS) is 10.4. The summed E-state index contributed by atoms with van der Waals surface area (Å²) in [5.74, 6) is -0.423. The van der Waals surface area contributed by atoms with Crippen molar-refractivity contribution in [3.8, 4) is 0 Å². The lowest BCUT2D eigenvalue weighted by atomic mass is 10.1. The fourth-order valence-electron chi connectivity index (χ4n) is 1.63. The Kier molecular flexibility index (Phi) is 4.75. The van der Waals surface area contributed by atoms with Crippen LogP contribution in [0.4, 0.5) is 0 Å². The maximum atomic E-state index is 11.1. The second-order valence-electron chi connectivity index (χ2n) is 3.80. The van der Waals surface area contributed by atoms with Gasteiger partial charge in [0.05, 0.1) is 15.6 Å². The summed E-state index contributed by atoms with van der Waals surface area (Å²) >= 11 is 13.6. The highest BCUT2D eigenvalue weighted by Crippen LogP contribution is 2.36. The molecule has 98 valence electrons. The van der Waals surface area contributed by atoms with E-state index in [2.05, 4.69) is 0 Å². The van der Waals surface area contributed by atoms with Crippen LogP contribution >= 0.6 is 35.0 Å². The van der Waals surface area contributed by atoms with Gasteiger partial charge in [0.2, 0.25) is 0 Å². The maximum absolute atomic E-state index is 11.1. The van der Waals surface area contributed by atoms with Crippen molar-refractivity contribution in [3.05, 3.63) is 63.6 Å². The monoisotopic (exact) mass is 312 g/mol. The molecule has 19 heavy (non-hydrogen) atoms. The summed E-state index contributed by atoms with van der Waals surface area (Å²) in [5.41, 5.74) is 1.05. The summed E-state index contributed by atoms with van der Waals surface area (Å²) in [4.78, 5) is 11.9. The topological polar surface area (TPSA) is 37.3 Å². The molecule has 2 rings (SSSR count). The maximum Gasteiger partial charge on any atom is 0.335 e. The number of thioether (sulfide) groups is 1. The van der Waals surface area contributed by atoms with Gasteiger partial charge in [-0.3, -0.25) is 0 Å². The Bertz CT molecular complexity index is 594. The van der Waals surface area contributed by atoms with Crippen LogP contribution in [0.15, 0.2) is 47.4 Å². The molecule has 5 heteroatoms. The molecule has 0 atom stereocenters. The summed E-state index contributed by atoms with van der Waals surface area (Å²) < 4.78 is 0. The predicted molar refractivity (Wildman–Crippen MR) is 79.4 cm³/mol. The van der Waals surface area contributed by atoms with E-state index in [1.165, 1.54) is 11.8 Å². The predicted octanol–water partition coefficient (Wildman–Crippen LogP) is 4.98. The summed E-state index contributed by atoms with van der Waals surface area (Å²) in [5, 5.41) is 10.3. The van der Waals surface area contributed by atoms with Crippen LogP contribution in [-0.2, 0) is 5.75 Å². The average molecular weight is 313 g/mol. The van der Waals surface area contributed by atoms with Gasteiger partial charge in [0.25, 0.3) is 0 Å². The summed E-state index contributed by atoms with van der Waals surface area (Å²) in [7, 11) is 0. The number of hydrogen-bond acceptors (Lipinski definition) is 2. The lowest BCUT2D eigenvalue weighted by Gasteiger charge is -2.08. The minimum Gasteiger partial charge on any atom is -0.478 e. The number of hydrogen-bond donors (Lipinski definition) is 1. The molecule has 0 radical (unpaired) electrons. The zero-order valence-corrected chi connectivity index (χ0v) is 12.1. The number of aromatic carboxylic acids is 1. The van der Waals surface area contributed by atoms with Gasteiger partial charge in [-0.1, -0.05) is 47.5 Å². The van der Waals surface area contributed by atoms with E-state index in [4.69, 9.17) is 28.3 Å². The molecule has 0 spiro atoms. The van der Waals surface area contributed by atoms with Gasteiger partial charge in [0, 0.05) is 10.6 Å². The van der Waals surface area contributed by atoms with E-state index in [0.717, 1.165) is 10.5 Å². The van der Waals surface area contributed by atoms with Crippen LogP contribution in [-0.4, -0.2) is 11.1 Å². The Morgan fingerprint density at radius 2 is 1.68 bits per heavy atom. The Morgan fingerprint density at radius 1 is 1.05 bits per heavy atom. The fourth-order valence-corrected chi connectivity index (χ4v) is 3.31. The van der Waals surface area contributed by atoms with Crippen molar-refractivity contribution in [2.45, 2.75) is 10.6 Å². The molecule has 2 aromatic rings. The number of halogens is 2. The molecule has 0 saturated carbocycles. The number of benzene rings is 2. The van der Waals surface area contributed by atoms with Crippen molar-refractivity contribution in [2.75, 3.05) is 0 Å². The van der Waals surface area contributed by atoms with Crippen LogP contribution in [0.1, 0.15) is 15.9 Å². The number of carboxylic acid groups (broad SMARTS) is 1. The highest BCUT2D eigenvalue weighted by atomic mass is 35.5. The second-order valence-corrected chi connectivity index (χ2v) is 5.60. The quantitative estimate of drug-likeness (QED) is 0.809. The molecular weight excluding hydrogens is 303 g/mol. The first-order chi connectivity index (χ1) is 9.09. The molecule has 0 unspecified atom stereocenters. The van der Waals surface area contributed by atoms with Gasteiger partial charge < -0.3 is 5.11 Å². The van der Waals surface area contributed by atoms with Gasteiger partial charge in [-0.05, 0) is 23.8 Å². The Balaban J connectivity index is 2.22. The Morgan fingerprint density at radius 3 is 2.32 bits per heavy atom. The Labute approximate surface area is 125 Å². The van der Waals surface area contributed by atoms with E-state index in [1.807, 2.05) is 6.07 Å². The first-order valence-electron chi connectivity index (χ1n) is 5.47. The molecule has 0 fully saturated rings. The third kappa shape index (κ3) is 3.44. The molecule has 0 saturated heterocycles. The average Bonchev–Trinajstić information content (AvgIpc) is 2.38. The van der Waals surface area contributed by atoms with Gasteiger partial charge in [-0.25, -0.2) is 4.79 Å². The van der Waals surface area contributed by atoms with Gasteiger partial charge in [-0.2, -0.15) is 0 Å². The van der Waals surface area contributed by atoms with Crippen molar-refractivity contribution < 1.29 is 9.90 Å². The van der Waals surface area contributed by atoms with Gasteiger partial charge >= 0.3 is 5.97 Å². The summed E-state index contributed by atoms with van der Waals surface area (Å²) in [6, 6.07) is 12.2. The third-order valence-corrected chi connectivity index (χ3v) is 4.58. The van der Waals surface area contributed by atoms with Crippen molar-refractivity contribution in [1.82, 2.24) is 0 Å². The fraction of sp³-hybridized carbons (Fsp3) is 0.0714. The third-order valence-electron chi connectivity index (χ3n) is 2.54. The van der Waals surface area contributed by atoms with Crippen LogP contribution in [0, 0.1) is 0 Å². The summed E-state index contributed by atoms with van der Waals surface area (Å²) in [6.45, 7) is 0. The number of rotatable bonds is 4. The van der Waals surface area contributed by atoms with E-state index >= 15 is 0 Å². The molecule has 0 aliphatic rings. The minimum atomic E-state index is -0.929. The van der Waals surface area contributed by atoms with Crippen LogP contribution < -0.4 is 0 Å². The first kappa shape index (κ1) is 14.3. The lowest BCUT2D eigenvalue weighted by molar-refractivity contribution is 0.0696. The van der Waals surface area contributed by atoms with Crippen LogP contribution in [0.3, 0.4) is 0 Å². The second kappa shape index (κ2) is 6.33. The highest BCUT2D eigenvalue weighted by Gasteiger charge is 2.11. The largest absolute Gasteiger partial charge is 0.478 e. The molecule has 0 heterocycles. The molecule has 0 aliphatic heterocycles. The number of carboxylic acids is 1. The molecular formula is C14H10Cl2O2S.